The molecule has 5 nitrogen and oxygen atoms in total. The van der Waals surface area contributed by atoms with Gasteiger partial charge in [-0.25, -0.2) is 17.5 Å². The molecule has 2 aromatic carbocycles. The average molecular weight is 310 g/mol. The number of nitrogens with one attached hydrogen (secondary N) is 2. The second-order valence-electron chi connectivity index (χ2n) is 4.33. The summed E-state index contributed by atoms with van der Waals surface area (Å²) in [4.78, 5) is 0.157. The Kier molecular flexibility index (Phi) is 4.44. The van der Waals surface area contributed by atoms with Gasteiger partial charge in [0.15, 0.2) is 11.6 Å². The minimum Gasteiger partial charge on any atom is -0.505 e. The first-order valence-corrected chi connectivity index (χ1v) is 7.66. The summed E-state index contributed by atoms with van der Waals surface area (Å²) in [5.74, 6) is -1.07. The van der Waals surface area contributed by atoms with Crippen molar-refractivity contribution in [3.05, 3.63) is 53.8 Å². The summed E-state index contributed by atoms with van der Waals surface area (Å²) in [6, 6.07) is 10.4. The van der Waals surface area contributed by atoms with E-state index in [1.165, 1.54) is 31.3 Å². The van der Waals surface area contributed by atoms with E-state index >= 15 is 0 Å². The van der Waals surface area contributed by atoms with Crippen LogP contribution in [0.5, 0.6) is 5.75 Å². The molecule has 112 valence electrons. The third-order valence-corrected chi connectivity index (χ3v) is 4.42. The summed E-state index contributed by atoms with van der Waals surface area (Å²) in [5.41, 5.74) is 1.08. The first-order valence-electron chi connectivity index (χ1n) is 6.18. The molecule has 7 heteroatoms. The van der Waals surface area contributed by atoms with Crippen LogP contribution in [-0.2, 0) is 16.6 Å². The van der Waals surface area contributed by atoms with Gasteiger partial charge in [0, 0.05) is 17.8 Å². The Labute approximate surface area is 122 Å². The Bertz CT molecular complexity index is 730. The molecule has 0 atom stereocenters. The zero-order valence-electron chi connectivity index (χ0n) is 11.3. The molecule has 0 spiro atoms. The largest absolute Gasteiger partial charge is 0.505 e. The normalized spacial score (nSPS) is 11.3. The highest BCUT2D eigenvalue weighted by Crippen LogP contribution is 2.22. The van der Waals surface area contributed by atoms with Crippen LogP contribution in [-0.4, -0.2) is 20.6 Å². The third kappa shape index (κ3) is 3.50. The van der Waals surface area contributed by atoms with E-state index in [9.17, 15) is 17.9 Å². The van der Waals surface area contributed by atoms with Crippen LogP contribution in [0.25, 0.3) is 0 Å². The number of para-hydroxylation sites is 1. The number of phenols is 1. The minimum atomic E-state index is -3.46. The van der Waals surface area contributed by atoms with Crippen LogP contribution >= 0.6 is 0 Å². The van der Waals surface area contributed by atoms with Gasteiger partial charge in [0.2, 0.25) is 10.0 Å². The molecule has 2 aromatic rings. The lowest BCUT2D eigenvalue weighted by atomic mass is 10.2. The summed E-state index contributed by atoms with van der Waals surface area (Å²) >= 11 is 0. The van der Waals surface area contributed by atoms with Crippen LogP contribution in [0.1, 0.15) is 5.56 Å². The molecule has 21 heavy (non-hydrogen) atoms. The highest BCUT2D eigenvalue weighted by atomic mass is 32.2. The predicted octanol–water partition coefficient (Wildman–Crippen LogP) is 2.05. The minimum absolute atomic E-state index is 0.157. The number of benzene rings is 2. The van der Waals surface area contributed by atoms with Gasteiger partial charge in [-0.2, -0.15) is 0 Å². The number of anilines is 1. The zero-order valence-corrected chi connectivity index (χ0v) is 12.1. The van der Waals surface area contributed by atoms with Gasteiger partial charge in [0.1, 0.15) is 0 Å². The van der Waals surface area contributed by atoms with E-state index in [-0.39, 0.29) is 17.2 Å². The quantitative estimate of drug-likeness (QED) is 0.790. The summed E-state index contributed by atoms with van der Waals surface area (Å²) in [6.45, 7) is 0.224. The fourth-order valence-electron chi connectivity index (χ4n) is 1.77. The van der Waals surface area contributed by atoms with E-state index in [4.69, 9.17) is 0 Å². The van der Waals surface area contributed by atoms with Crippen molar-refractivity contribution in [1.29, 1.82) is 0 Å². The molecule has 3 N–H and O–H groups in total. The third-order valence-electron chi connectivity index (χ3n) is 2.99. The molecule has 0 bridgehead atoms. The number of sulfonamides is 1. The van der Waals surface area contributed by atoms with Gasteiger partial charge in [0.05, 0.1) is 4.90 Å². The number of hydrogen-bond donors (Lipinski definition) is 3. The Morgan fingerprint density at radius 2 is 1.81 bits per heavy atom. The van der Waals surface area contributed by atoms with Gasteiger partial charge in [-0.05, 0) is 37.4 Å². The van der Waals surface area contributed by atoms with Crippen molar-refractivity contribution in [2.75, 3.05) is 12.4 Å². The number of halogens is 1. The highest BCUT2D eigenvalue weighted by molar-refractivity contribution is 7.89. The highest BCUT2D eigenvalue weighted by Gasteiger charge is 2.10. The summed E-state index contributed by atoms with van der Waals surface area (Å²) in [6.07, 6.45) is 0. The maximum absolute atomic E-state index is 13.2. The van der Waals surface area contributed by atoms with Crippen molar-refractivity contribution < 1.29 is 17.9 Å². The fraction of sp³-hybridized carbons (Fsp3) is 0.143. The predicted molar refractivity (Wildman–Crippen MR) is 78.1 cm³/mol. The number of aromatic hydroxyl groups is 1. The van der Waals surface area contributed by atoms with Crippen molar-refractivity contribution in [2.24, 2.45) is 0 Å². The van der Waals surface area contributed by atoms with Crippen LogP contribution in [0.15, 0.2) is 47.4 Å². The lowest BCUT2D eigenvalue weighted by molar-refractivity contribution is 0.427. The van der Waals surface area contributed by atoms with Crippen LogP contribution in [0.3, 0.4) is 0 Å². The Morgan fingerprint density at radius 3 is 2.43 bits per heavy atom. The molecule has 0 fully saturated rings. The van der Waals surface area contributed by atoms with E-state index in [0.29, 0.717) is 11.3 Å². The standard InChI is InChI=1S/C14H15FN2O3S/c1-16-21(19,20)12-7-5-11(6-8-12)17-9-10-3-2-4-13(15)14(10)18/h2-8,16-18H,9H2,1H3. The van der Waals surface area contributed by atoms with Crippen molar-refractivity contribution in [3.63, 3.8) is 0 Å². The summed E-state index contributed by atoms with van der Waals surface area (Å²) in [5, 5.41) is 12.5. The molecule has 2 rings (SSSR count). The van der Waals surface area contributed by atoms with Gasteiger partial charge in [-0.3, -0.25) is 0 Å². The average Bonchev–Trinajstić information content (AvgIpc) is 2.49. The van der Waals surface area contributed by atoms with Gasteiger partial charge >= 0.3 is 0 Å². The van der Waals surface area contributed by atoms with E-state index < -0.39 is 15.8 Å². The summed E-state index contributed by atoms with van der Waals surface area (Å²) in [7, 11) is -2.12. The lowest BCUT2D eigenvalue weighted by Gasteiger charge is -2.09. The molecule has 0 aliphatic heterocycles. The fourth-order valence-corrected chi connectivity index (χ4v) is 2.50. The van der Waals surface area contributed by atoms with E-state index in [0.717, 1.165) is 0 Å². The SMILES string of the molecule is CNS(=O)(=O)c1ccc(NCc2cccc(F)c2O)cc1. The van der Waals surface area contributed by atoms with Gasteiger partial charge in [-0.1, -0.05) is 12.1 Å². The van der Waals surface area contributed by atoms with Crippen molar-refractivity contribution in [1.82, 2.24) is 4.72 Å². The second-order valence-corrected chi connectivity index (χ2v) is 6.22. The van der Waals surface area contributed by atoms with Gasteiger partial charge in [-0.15, -0.1) is 0 Å². The Morgan fingerprint density at radius 1 is 1.14 bits per heavy atom. The van der Waals surface area contributed by atoms with Crippen molar-refractivity contribution in [3.8, 4) is 5.75 Å². The molecule has 0 aliphatic rings. The molecule has 0 aromatic heterocycles. The lowest BCUT2D eigenvalue weighted by Crippen LogP contribution is -2.18. The molecule has 0 aliphatic carbocycles. The molecule has 0 saturated carbocycles. The first kappa shape index (κ1) is 15.3. The second kappa shape index (κ2) is 6.11. The number of hydrogen-bond acceptors (Lipinski definition) is 4. The number of phenolic OH excluding ortho intramolecular Hbond substituents is 1. The van der Waals surface area contributed by atoms with Crippen molar-refractivity contribution in [2.45, 2.75) is 11.4 Å². The molecule has 0 unspecified atom stereocenters. The molecule has 0 saturated heterocycles. The van der Waals surface area contributed by atoms with Crippen LogP contribution in [0.4, 0.5) is 10.1 Å². The zero-order chi connectivity index (χ0) is 15.5. The maximum atomic E-state index is 13.2. The molecule has 0 heterocycles. The van der Waals surface area contributed by atoms with Gasteiger partial charge < -0.3 is 10.4 Å². The van der Waals surface area contributed by atoms with Gasteiger partial charge in [0.25, 0.3) is 0 Å². The number of rotatable bonds is 5. The Hall–Kier alpha value is -2.12. The molecular weight excluding hydrogens is 295 g/mol. The Balaban J connectivity index is 2.09. The smallest absolute Gasteiger partial charge is 0.240 e. The van der Waals surface area contributed by atoms with Crippen LogP contribution < -0.4 is 10.0 Å². The molecule has 0 amide bonds. The first-order chi connectivity index (χ1) is 9.94. The molecule has 0 radical (unpaired) electrons. The van der Waals surface area contributed by atoms with E-state index in [1.54, 1.807) is 18.2 Å². The molecular formula is C14H15FN2O3S. The van der Waals surface area contributed by atoms with E-state index in [1.807, 2.05) is 0 Å². The summed E-state index contributed by atoms with van der Waals surface area (Å²) < 4.78 is 38.5. The van der Waals surface area contributed by atoms with Crippen LogP contribution in [0.2, 0.25) is 0 Å². The maximum Gasteiger partial charge on any atom is 0.240 e. The van der Waals surface area contributed by atoms with Crippen molar-refractivity contribution >= 4 is 15.7 Å². The topological polar surface area (TPSA) is 78.4 Å². The van der Waals surface area contributed by atoms with Crippen LogP contribution in [0, 0.1) is 5.82 Å². The van der Waals surface area contributed by atoms with E-state index in [2.05, 4.69) is 10.0 Å². The monoisotopic (exact) mass is 310 g/mol.